The number of carbonyl (C=O) groups is 1. The number of benzene rings is 2. The van der Waals surface area contributed by atoms with Crippen LogP contribution >= 0.6 is 0 Å². The van der Waals surface area contributed by atoms with E-state index in [4.69, 9.17) is 9.47 Å². The topological polar surface area (TPSA) is 78.7 Å². The number of rotatable bonds is 5. The van der Waals surface area contributed by atoms with E-state index in [0.29, 0.717) is 5.75 Å². The van der Waals surface area contributed by atoms with Gasteiger partial charge >= 0.3 is 5.97 Å². The average molecular weight is 301 g/mol. The van der Waals surface area contributed by atoms with Gasteiger partial charge in [-0.05, 0) is 38.1 Å². The first-order chi connectivity index (χ1) is 10.5. The molecule has 1 atom stereocenters. The highest BCUT2D eigenvalue weighted by atomic mass is 16.6. The van der Waals surface area contributed by atoms with E-state index in [-0.39, 0.29) is 11.4 Å². The summed E-state index contributed by atoms with van der Waals surface area (Å²) >= 11 is 0. The summed E-state index contributed by atoms with van der Waals surface area (Å²) in [4.78, 5) is 21.9. The maximum Gasteiger partial charge on any atom is 0.352 e. The Morgan fingerprint density at radius 3 is 2.14 bits per heavy atom. The molecule has 22 heavy (non-hydrogen) atoms. The van der Waals surface area contributed by atoms with Gasteiger partial charge in [-0.3, -0.25) is 10.1 Å². The molecule has 2 aromatic rings. The minimum Gasteiger partial charge on any atom is -0.479 e. The molecule has 0 N–H and O–H groups in total. The molecule has 6 heteroatoms. The number of hydrogen-bond donors (Lipinski definition) is 0. The monoisotopic (exact) mass is 301 g/mol. The van der Waals surface area contributed by atoms with Gasteiger partial charge in [0.2, 0.25) is 0 Å². The van der Waals surface area contributed by atoms with Crippen molar-refractivity contribution in [2.45, 2.75) is 20.0 Å². The number of nitro benzene ring substituents is 1. The van der Waals surface area contributed by atoms with Crippen LogP contribution in [0.4, 0.5) is 5.69 Å². The number of nitro groups is 1. The molecule has 6 nitrogen and oxygen atoms in total. The lowest BCUT2D eigenvalue weighted by molar-refractivity contribution is -0.384. The molecular formula is C16H15NO5. The van der Waals surface area contributed by atoms with Crippen LogP contribution in [-0.4, -0.2) is 17.0 Å². The minimum absolute atomic E-state index is 0.0660. The number of carbonyl (C=O) groups excluding carboxylic acids is 1. The van der Waals surface area contributed by atoms with Crippen molar-refractivity contribution in [1.82, 2.24) is 0 Å². The van der Waals surface area contributed by atoms with E-state index in [1.807, 2.05) is 19.1 Å². The molecule has 0 radical (unpaired) electrons. The maximum absolute atomic E-state index is 11.9. The van der Waals surface area contributed by atoms with Crippen LogP contribution in [0.5, 0.6) is 11.5 Å². The predicted molar refractivity (Wildman–Crippen MR) is 80.0 cm³/mol. The minimum atomic E-state index is -0.794. The lowest BCUT2D eigenvalue weighted by Gasteiger charge is -2.13. The largest absolute Gasteiger partial charge is 0.479 e. The van der Waals surface area contributed by atoms with Crippen molar-refractivity contribution in [1.29, 1.82) is 0 Å². The SMILES string of the molecule is Cc1ccc(OC(C)C(=O)Oc2ccc([N+](=O)[O-])cc2)cc1. The van der Waals surface area contributed by atoms with Gasteiger partial charge in [-0.15, -0.1) is 0 Å². The quantitative estimate of drug-likeness (QED) is 0.366. The van der Waals surface area contributed by atoms with Crippen molar-refractivity contribution in [2.75, 3.05) is 0 Å². The molecule has 0 saturated heterocycles. The molecule has 0 fully saturated rings. The molecule has 0 bridgehead atoms. The fraction of sp³-hybridized carbons (Fsp3) is 0.188. The molecular weight excluding hydrogens is 286 g/mol. The smallest absolute Gasteiger partial charge is 0.352 e. The first-order valence-electron chi connectivity index (χ1n) is 6.65. The summed E-state index contributed by atoms with van der Waals surface area (Å²) in [5.41, 5.74) is 1.03. The van der Waals surface area contributed by atoms with Gasteiger partial charge in [-0.25, -0.2) is 4.79 Å². The third kappa shape index (κ3) is 4.05. The number of non-ortho nitro benzene ring substituents is 1. The van der Waals surface area contributed by atoms with Gasteiger partial charge in [0.25, 0.3) is 5.69 Å². The number of nitrogens with zero attached hydrogens (tertiary/aromatic N) is 1. The predicted octanol–water partition coefficient (Wildman–Crippen LogP) is 3.28. The van der Waals surface area contributed by atoms with Gasteiger partial charge in [-0.2, -0.15) is 0 Å². The fourth-order valence-electron chi connectivity index (χ4n) is 1.70. The highest BCUT2D eigenvalue weighted by Crippen LogP contribution is 2.19. The number of ether oxygens (including phenoxy) is 2. The third-order valence-electron chi connectivity index (χ3n) is 2.93. The molecule has 0 aliphatic heterocycles. The zero-order valence-electron chi connectivity index (χ0n) is 12.2. The second-order valence-corrected chi connectivity index (χ2v) is 4.75. The normalized spacial score (nSPS) is 11.5. The van der Waals surface area contributed by atoms with Crippen LogP contribution in [0.25, 0.3) is 0 Å². The van der Waals surface area contributed by atoms with Crippen molar-refractivity contribution in [2.24, 2.45) is 0 Å². The van der Waals surface area contributed by atoms with Crippen LogP contribution in [0, 0.1) is 17.0 Å². The van der Waals surface area contributed by atoms with Gasteiger partial charge < -0.3 is 9.47 Å². The van der Waals surface area contributed by atoms with Crippen LogP contribution in [0.2, 0.25) is 0 Å². The summed E-state index contributed by atoms with van der Waals surface area (Å²) in [6.07, 6.45) is -0.794. The summed E-state index contributed by atoms with van der Waals surface area (Å²) in [5.74, 6) is 0.225. The van der Waals surface area contributed by atoms with Crippen LogP contribution < -0.4 is 9.47 Å². The standard InChI is InChI=1S/C16H15NO5/c1-11-3-7-14(8-4-11)21-12(2)16(18)22-15-9-5-13(6-10-15)17(19)20/h3-10,12H,1-2H3. The molecule has 0 aliphatic carbocycles. The van der Waals surface area contributed by atoms with Crippen LogP contribution in [0.1, 0.15) is 12.5 Å². The van der Waals surface area contributed by atoms with Gasteiger partial charge in [0.1, 0.15) is 11.5 Å². The van der Waals surface area contributed by atoms with Crippen LogP contribution in [-0.2, 0) is 4.79 Å². The Kier molecular flexibility index (Phi) is 4.73. The van der Waals surface area contributed by atoms with Crippen molar-refractivity contribution in [3.05, 3.63) is 64.2 Å². The van der Waals surface area contributed by atoms with E-state index >= 15 is 0 Å². The van der Waals surface area contributed by atoms with Crippen LogP contribution in [0.3, 0.4) is 0 Å². The second-order valence-electron chi connectivity index (χ2n) is 4.75. The summed E-state index contributed by atoms with van der Waals surface area (Å²) < 4.78 is 10.6. The van der Waals surface area contributed by atoms with E-state index in [9.17, 15) is 14.9 Å². The second kappa shape index (κ2) is 6.71. The van der Waals surface area contributed by atoms with Gasteiger partial charge in [-0.1, -0.05) is 17.7 Å². The Hall–Kier alpha value is -2.89. The van der Waals surface area contributed by atoms with E-state index in [1.165, 1.54) is 24.3 Å². The summed E-state index contributed by atoms with van der Waals surface area (Å²) in [6, 6.07) is 12.6. The molecule has 0 spiro atoms. The van der Waals surface area contributed by atoms with Crippen molar-refractivity contribution in [3.63, 3.8) is 0 Å². The van der Waals surface area contributed by atoms with Gasteiger partial charge in [0.05, 0.1) is 4.92 Å². The fourth-order valence-corrected chi connectivity index (χ4v) is 1.70. The summed E-state index contributed by atoms with van der Waals surface area (Å²) in [5, 5.41) is 10.5. The van der Waals surface area contributed by atoms with Gasteiger partial charge in [0, 0.05) is 12.1 Å². The van der Waals surface area contributed by atoms with E-state index < -0.39 is 17.0 Å². The average Bonchev–Trinajstić information content (AvgIpc) is 2.50. The van der Waals surface area contributed by atoms with Crippen molar-refractivity contribution >= 4 is 11.7 Å². The Morgan fingerprint density at radius 1 is 1.05 bits per heavy atom. The summed E-state index contributed by atoms with van der Waals surface area (Å²) in [6.45, 7) is 3.53. The first kappa shape index (κ1) is 15.5. The van der Waals surface area contributed by atoms with E-state index in [2.05, 4.69) is 0 Å². The highest BCUT2D eigenvalue weighted by molar-refractivity contribution is 5.77. The molecule has 2 aromatic carbocycles. The Morgan fingerprint density at radius 2 is 1.59 bits per heavy atom. The molecule has 0 heterocycles. The summed E-state index contributed by atoms with van der Waals surface area (Å²) in [7, 11) is 0. The maximum atomic E-state index is 11.9. The molecule has 0 amide bonds. The number of esters is 1. The lowest BCUT2D eigenvalue weighted by Crippen LogP contribution is -2.28. The molecule has 114 valence electrons. The Bertz CT molecular complexity index is 664. The Balaban J connectivity index is 1.95. The van der Waals surface area contributed by atoms with Crippen molar-refractivity contribution < 1.29 is 19.2 Å². The van der Waals surface area contributed by atoms with Crippen molar-refractivity contribution in [3.8, 4) is 11.5 Å². The van der Waals surface area contributed by atoms with E-state index in [1.54, 1.807) is 19.1 Å². The molecule has 2 rings (SSSR count). The lowest BCUT2D eigenvalue weighted by atomic mass is 10.2. The van der Waals surface area contributed by atoms with E-state index in [0.717, 1.165) is 5.56 Å². The third-order valence-corrected chi connectivity index (χ3v) is 2.93. The molecule has 0 saturated carbocycles. The molecule has 0 aliphatic rings. The molecule has 0 aromatic heterocycles. The number of hydrogen-bond acceptors (Lipinski definition) is 5. The number of aryl methyl sites for hydroxylation is 1. The Labute approximate surface area is 127 Å². The zero-order valence-corrected chi connectivity index (χ0v) is 12.2. The molecule has 1 unspecified atom stereocenters. The first-order valence-corrected chi connectivity index (χ1v) is 6.65. The highest BCUT2D eigenvalue weighted by Gasteiger charge is 2.17. The zero-order chi connectivity index (χ0) is 16.1. The van der Waals surface area contributed by atoms with Gasteiger partial charge in [0.15, 0.2) is 6.10 Å². The van der Waals surface area contributed by atoms with Crippen LogP contribution in [0.15, 0.2) is 48.5 Å².